The van der Waals surface area contributed by atoms with E-state index in [1.54, 1.807) is 0 Å². The van der Waals surface area contributed by atoms with E-state index in [9.17, 15) is 13.6 Å². The Kier molecular flexibility index (Phi) is 5.45. The third-order valence-corrected chi connectivity index (χ3v) is 5.24. The van der Waals surface area contributed by atoms with Crippen molar-refractivity contribution in [2.24, 2.45) is 0 Å². The van der Waals surface area contributed by atoms with Crippen molar-refractivity contribution in [3.8, 4) is 0 Å². The normalized spacial score (nSPS) is 14.9. The SMILES string of the molecule is Nc1nc(N)c2c(COC3CCN(C(=O)c4cccc(F)c4F)CC3)cccc2n1. The van der Waals surface area contributed by atoms with Crippen LogP contribution in [0.1, 0.15) is 28.8 Å². The molecule has 2 heterocycles. The first-order chi connectivity index (χ1) is 14.4. The zero-order valence-electron chi connectivity index (χ0n) is 16.1. The summed E-state index contributed by atoms with van der Waals surface area (Å²) in [4.78, 5) is 22.2. The number of ether oxygens (including phenoxy) is 1. The monoisotopic (exact) mass is 413 g/mol. The average molecular weight is 413 g/mol. The molecule has 2 aromatic carbocycles. The number of fused-ring (bicyclic) bond motifs is 1. The summed E-state index contributed by atoms with van der Waals surface area (Å²) in [6.07, 6.45) is 1.11. The first-order valence-electron chi connectivity index (χ1n) is 9.59. The summed E-state index contributed by atoms with van der Waals surface area (Å²) in [6, 6.07) is 9.16. The van der Waals surface area contributed by atoms with E-state index in [0.29, 0.717) is 49.3 Å². The number of carbonyl (C=O) groups excluding carboxylic acids is 1. The Morgan fingerprint density at radius 3 is 2.60 bits per heavy atom. The number of carbonyl (C=O) groups is 1. The van der Waals surface area contributed by atoms with Crippen LogP contribution in [0.2, 0.25) is 0 Å². The molecule has 1 saturated heterocycles. The largest absolute Gasteiger partial charge is 0.383 e. The molecule has 0 saturated carbocycles. The predicted molar refractivity (Wildman–Crippen MR) is 108 cm³/mol. The molecular weight excluding hydrogens is 392 g/mol. The average Bonchev–Trinajstić information content (AvgIpc) is 2.73. The second-order valence-corrected chi connectivity index (χ2v) is 7.18. The molecule has 3 aromatic rings. The van der Waals surface area contributed by atoms with Gasteiger partial charge in [0.2, 0.25) is 5.95 Å². The minimum absolute atomic E-state index is 0.0717. The van der Waals surface area contributed by atoms with Crippen LogP contribution < -0.4 is 11.5 Å². The van der Waals surface area contributed by atoms with Gasteiger partial charge >= 0.3 is 0 Å². The number of anilines is 2. The van der Waals surface area contributed by atoms with Crippen molar-refractivity contribution in [2.75, 3.05) is 24.6 Å². The number of likely N-dealkylation sites (tertiary alicyclic amines) is 1. The number of amides is 1. The quantitative estimate of drug-likeness (QED) is 0.681. The highest BCUT2D eigenvalue weighted by atomic mass is 19.2. The molecule has 1 aliphatic heterocycles. The highest BCUT2D eigenvalue weighted by Crippen LogP contribution is 2.25. The van der Waals surface area contributed by atoms with E-state index < -0.39 is 17.5 Å². The molecule has 0 spiro atoms. The van der Waals surface area contributed by atoms with Gasteiger partial charge < -0.3 is 21.1 Å². The van der Waals surface area contributed by atoms with Gasteiger partial charge in [-0.05, 0) is 36.6 Å². The Balaban J connectivity index is 1.39. The van der Waals surface area contributed by atoms with Gasteiger partial charge in [-0.3, -0.25) is 4.79 Å². The standard InChI is InChI=1S/C21H21F2N5O2/c22-15-5-2-4-14(18(15)23)20(29)28-9-7-13(8-10-28)30-11-12-3-1-6-16-17(12)19(24)27-21(25)26-16/h1-6,13H,7-11H2,(H4,24,25,26,27). The number of nitrogen functional groups attached to an aromatic ring is 2. The van der Waals surface area contributed by atoms with Crippen LogP contribution in [0.4, 0.5) is 20.5 Å². The van der Waals surface area contributed by atoms with Gasteiger partial charge in [-0.25, -0.2) is 13.8 Å². The number of halogens is 2. The van der Waals surface area contributed by atoms with Crippen molar-refractivity contribution < 1.29 is 18.3 Å². The Hall–Kier alpha value is -3.33. The summed E-state index contributed by atoms with van der Waals surface area (Å²) in [5.41, 5.74) is 12.9. The number of nitrogens with two attached hydrogens (primary N) is 2. The van der Waals surface area contributed by atoms with Gasteiger partial charge in [-0.1, -0.05) is 18.2 Å². The first-order valence-corrected chi connectivity index (χ1v) is 9.59. The number of rotatable bonds is 4. The lowest BCUT2D eigenvalue weighted by Gasteiger charge is -2.32. The van der Waals surface area contributed by atoms with E-state index in [1.165, 1.54) is 17.0 Å². The van der Waals surface area contributed by atoms with Gasteiger partial charge in [0, 0.05) is 18.5 Å². The molecular formula is C21H21F2N5O2. The van der Waals surface area contributed by atoms with Crippen LogP contribution in [0.3, 0.4) is 0 Å². The molecule has 7 nitrogen and oxygen atoms in total. The van der Waals surface area contributed by atoms with E-state index in [0.717, 1.165) is 11.6 Å². The molecule has 1 aliphatic rings. The zero-order chi connectivity index (χ0) is 21.3. The summed E-state index contributed by atoms with van der Waals surface area (Å²) >= 11 is 0. The summed E-state index contributed by atoms with van der Waals surface area (Å²) in [6.45, 7) is 1.11. The molecule has 156 valence electrons. The smallest absolute Gasteiger partial charge is 0.256 e. The van der Waals surface area contributed by atoms with Crippen LogP contribution in [0.15, 0.2) is 36.4 Å². The van der Waals surface area contributed by atoms with Crippen LogP contribution in [0.5, 0.6) is 0 Å². The maximum absolute atomic E-state index is 13.9. The fourth-order valence-corrected chi connectivity index (χ4v) is 3.70. The first kappa shape index (κ1) is 20.0. The molecule has 0 radical (unpaired) electrons. The van der Waals surface area contributed by atoms with Gasteiger partial charge in [0.15, 0.2) is 11.6 Å². The number of benzene rings is 2. The van der Waals surface area contributed by atoms with E-state index in [2.05, 4.69) is 9.97 Å². The summed E-state index contributed by atoms with van der Waals surface area (Å²) in [5.74, 6) is -2.24. The predicted octanol–water partition coefficient (Wildman–Crippen LogP) is 2.89. The Morgan fingerprint density at radius 2 is 1.83 bits per heavy atom. The lowest BCUT2D eigenvalue weighted by atomic mass is 10.1. The van der Waals surface area contributed by atoms with E-state index in [-0.39, 0.29) is 17.6 Å². The zero-order valence-corrected chi connectivity index (χ0v) is 16.1. The maximum atomic E-state index is 13.9. The molecule has 1 amide bonds. The maximum Gasteiger partial charge on any atom is 0.256 e. The fraction of sp³-hybridized carbons (Fsp3) is 0.286. The lowest BCUT2D eigenvalue weighted by molar-refractivity contribution is -0.0000729. The van der Waals surface area contributed by atoms with Crippen LogP contribution in [0, 0.1) is 11.6 Å². The third-order valence-electron chi connectivity index (χ3n) is 5.24. The molecule has 1 aromatic heterocycles. The van der Waals surface area contributed by atoms with E-state index >= 15 is 0 Å². The molecule has 1 fully saturated rings. The minimum atomic E-state index is -1.11. The van der Waals surface area contributed by atoms with Crippen molar-refractivity contribution >= 4 is 28.6 Å². The van der Waals surface area contributed by atoms with Crippen molar-refractivity contribution in [2.45, 2.75) is 25.6 Å². The number of nitrogens with zero attached hydrogens (tertiary/aromatic N) is 3. The van der Waals surface area contributed by atoms with Crippen LogP contribution in [0.25, 0.3) is 10.9 Å². The number of aromatic nitrogens is 2. The molecule has 0 aliphatic carbocycles. The van der Waals surface area contributed by atoms with Crippen LogP contribution >= 0.6 is 0 Å². The Morgan fingerprint density at radius 1 is 1.10 bits per heavy atom. The number of hydrogen-bond donors (Lipinski definition) is 2. The molecule has 4 rings (SSSR count). The Bertz CT molecular complexity index is 1100. The molecule has 4 N–H and O–H groups in total. The second-order valence-electron chi connectivity index (χ2n) is 7.18. The van der Waals surface area contributed by atoms with Gasteiger partial charge in [0.1, 0.15) is 5.82 Å². The molecule has 0 atom stereocenters. The number of hydrogen-bond acceptors (Lipinski definition) is 6. The van der Waals surface area contributed by atoms with E-state index in [1.807, 2.05) is 18.2 Å². The van der Waals surface area contributed by atoms with Crippen molar-refractivity contribution in [1.29, 1.82) is 0 Å². The summed E-state index contributed by atoms with van der Waals surface area (Å²) in [7, 11) is 0. The number of piperidine rings is 1. The summed E-state index contributed by atoms with van der Waals surface area (Å²) < 4.78 is 33.3. The van der Waals surface area contributed by atoms with Gasteiger partial charge in [-0.15, -0.1) is 0 Å². The third kappa shape index (κ3) is 3.88. The topological polar surface area (TPSA) is 107 Å². The lowest BCUT2D eigenvalue weighted by Crippen LogP contribution is -2.41. The van der Waals surface area contributed by atoms with Gasteiger partial charge in [0.25, 0.3) is 5.91 Å². The van der Waals surface area contributed by atoms with Crippen LogP contribution in [-0.4, -0.2) is 40.0 Å². The fourth-order valence-electron chi connectivity index (χ4n) is 3.70. The van der Waals surface area contributed by atoms with Crippen molar-refractivity contribution in [3.05, 3.63) is 59.2 Å². The van der Waals surface area contributed by atoms with Crippen molar-refractivity contribution in [1.82, 2.24) is 14.9 Å². The second kappa shape index (κ2) is 8.19. The van der Waals surface area contributed by atoms with Gasteiger partial charge in [-0.2, -0.15) is 4.98 Å². The van der Waals surface area contributed by atoms with Gasteiger partial charge in [0.05, 0.1) is 23.8 Å². The molecule has 0 bridgehead atoms. The molecule has 0 unspecified atom stereocenters. The Labute approximate surface area is 171 Å². The van der Waals surface area contributed by atoms with Crippen molar-refractivity contribution in [3.63, 3.8) is 0 Å². The van der Waals surface area contributed by atoms with Crippen LogP contribution in [-0.2, 0) is 11.3 Å². The minimum Gasteiger partial charge on any atom is -0.383 e. The molecule has 30 heavy (non-hydrogen) atoms. The molecule has 9 heteroatoms. The summed E-state index contributed by atoms with van der Waals surface area (Å²) in [5, 5.41) is 0.709. The highest BCUT2D eigenvalue weighted by Gasteiger charge is 2.26. The van der Waals surface area contributed by atoms with E-state index in [4.69, 9.17) is 16.2 Å². The highest BCUT2D eigenvalue weighted by molar-refractivity contribution is 5.94.